The summed E-state index contributed by atoms with van der Waals surface area (Å²) >= 11 is 0. The van der Waals surface area contributed by atoms with Gasteiger partial charge in [-0.3, -0.25) is 0 Å². The highest BCUT2D eigenvalue weighted by atomic mass is 32.2. The third kappa shape index (κ3) is 3.88. The number of nitrogens with one attached hydrogen (secondary N) is 1. The second-order valence-electron chi connectivity index (χ2n) is 5.61. The van der Waals surface area contributed by atoms with E-state index in [9.17, 15) is 8.42 Å². The van der Waals surface area contributed by atoms with Gasteiger partial charge in [0.15, 0.2) is 0 Å². The van der Waals surface area contributed by atoms with Gasteiger partial charge >= 0.3 is 0 Å². The van der Waals surface area contributed by atoms with Crippen LogP contribution in [0.2, 0.25) is 0 Å². The highest BCUT2D eigenvalue weighted by Crippen LogP contribution is 2.20. The van der Waals surface area contributed by atoms with Gasteiger partial charge in [-0.15, -0.1) is 0 Å². The van der Waals surface area contributed by atoms with Gasteiger partial charge in [0.05, 0.1) is 6.61 Å². The number of piperidine rings is 1. The standard InChI is InChI=1S/C12H25N3O3S/c1-10(12-4-7-18-9-12)14-19(16,17)15-5-2-11(8-13)3-6-15/h10-12,14H,2-9,13H2,1H3. The van der Waals surface area contributed by atoms with E-state index in [1.807, 2.05) is 6.92 Å². The lowest BCUT2D eigenvalue weighted by Gasteiger charge is -2.32. The normalized spacial score (nSPS) is 28.6. The summed E-state index contributed by atoms with van der Waals surface area (Å²) in [6, 6.07) is -0.0697. The first-order valence-electron chi connectivity index (χ1n) is 7.08. The van der Waals surface area contributed by atoms with Gasteiger partial charge < -0.3 is 10.5 Å². The fourth-order valence-electron chi connectivity index (χ4n) is 2.74. The summed E-state index contributed by atoms with van der Waals surface area (Å²) < 4.78 is 34.2. The van der Waals surface area contributed by atoms with Gasteiger partial charge in [0.1, 0.15) is 0 Å². The molecule has 3 N–H and O–H groups in total. The zero-order valence-corrected chi connectivity index (χ0v) is 12.4. The first kappa shape index (κ1) is 15.2. The summed E-state index contributed by atoms with van der Waals surface area (Å²) in [6.07, 6.45) is 2.65. The Kier molecular flexibility index (Phi) is 5.19. The average molecular weight is 291 g/mol. The number of nitrogens with two attached hydrogens (primary N) is 1. The van der Waals surface area contributed by atoms with Crippen LogP contribution in [0.4, 0.5) is 0 Å². The molecule has 0 bridgehead atoms. The van der Waals surface area contributed by atoms with E-state index in [0.717, 1.165) is 25.9 Å². The van der Waals surface area contributed by atoms with E-state index >= 15 is 0 Å². The van der Waals surface area contributed by atoms with Crippen molar-refractivity contribution in [3.8, 4) is 0 Å². The Morgan fingerprint density at radius 1 is 1.37 bits per heavy atom. The van der Waals surface area contributed by atoms with Gasteiger partial charge in [0.25, 0.3) is 10.2 Å². The lowest BCUT2D eigenvalue weighted by Crippen LogP contribution is -2.49. The predicted molar refractivity (Wildman–Crippen MR) is 73.8 cm³/mol. The minimum atomic E-state index is -3.36. The van der Waals surface area contributed by atoms with Gasteiger partial charge in [-0.1, -0.05) is 0 Å². The minimum absolute atomic E-state index is 0.0697. The molecule has 0 spiro atoms. The van der Waals surface area contributed by atoms with Crippen LogP contribution in [-0.4, -0.2) is 51.6 Å². The molecule has 0 aromatic rings. The molecule has 2 fully saturated rings. The van der Waals surface area contributed by atoms with Crippen molar-refractivity contribution in [2.45, 2.75) is 32.2 Å². The van der Waals surface area contributed by atoms with E-state index in [0.29, 0.717) is 32.2 Å². The molecule has 112 valence electrons. The van der Waals surface area contributed by atoms with Crippen LogP contribution < -0.4 is 10.5 Å². The molecule has 2 aliphatic heterocycles. The van der Waals surface area contributed by atoms with E-state index in [1.54, 1.807) is 4.31 Å². The summed E-state index contributed by atoms with van der Waals surface area (Å²) in [5, 5.41) is 0. The molecule has 2 aliphatic rings. The van der Waals surface area contributed by atoms with Crippen molar-refractivity contribution in [3.63, 3.8) is 0 Å². The fourth-order valence-corrected chi connectivity index (χ4v) is 4.24. The Morgan fingerprint density at radius 3 is 2.58 bits per heavy atom. The van der Waals surface area contributed by atoms with Crippen LogP contribution in [0.3, 0.4) is 0 Å². The first-order chi connectivity index (χ1) is 9.03. The lowest BCUT2D eigenvalue weighted by molar-refractivity contribution is 0.180. The van der Waals surface area contributed by atoms with E-state index in [1.165, 1.54) is 0 Å². The zero-order chi connectivity index (χ0) is 13.9. The highest BCUT2D eigenvalue weighted by Gasteiger charge is 2.31. The zero-order valence-electron chi connectivity index (χ0n) is 11.5. The Bertz CT molecular complexity index is 374. The molecule has 0 saturated carbocycles. The molecule has 2 saturated heterocycles. The molecule has 2 heterocycles. The molecule has 7 heteroatoms. The smallest absolute Gasteiger partial charge is 0.279 e. The van der Waals surface area contributed by atoms with Gasteiger partial charge in [-0.2, -0.15) is 17.4 Å². The van der Waals surface area contributed by atoms with Gasteiger partial charge in [0.2, 0.25) is 0 Å². The summed E-state index contributed by atoms with van der Waals surface area (Å²) in [5.41, 5.74) is 5.62. The molecule has 0 aromatic carbocycles. The van der Waals surface area contributed by atoms with E-state index < -0.39 is 10.2 Å². The van der Waals surface area contributed by atoms with E-state index in [2.05, 4.69) is 4.72 Å². The molecule has 2 unspecified atom stereocenters. The van der Waals surface area contributed by atoms with Crippen molar-refractivity contribution in [2.24, 2.45) is 17.6 Å². The van der Waals surface area contributed by atoms with Crippen LogP contribution in [0.1, 0.15) is 26.2 Å². The SMILES string of the molecule is CC(NS(=O)(=O)N1CCC(CN)CC1)C1CCOC1. The molecular weight excluding hydrogens is 266 g/mol. The van der Waals surface area contributed by atoms with Gasteiger partial charge in [-0.25, -0.2) is 0 Å². The minimum Gasteiger partial charge on any atom is -0.381 e. The van der Waals surface area contributed by atoms with E-state index in [4.69, 9.17) is 10.5 Å². The molecule has 0 aromatic heterocycles. The second-order valence-corrected chi connectivity index (χ2v) is 7.32. The summed E-state index contributed by atoms with van der Waals surface area (Å²) in [5.74, 6) is 0.753. The molecule has 0 radical (unpaired) electrons. The van der Waals surface area contributed by atoms with Crippen molar-refractivity contribution in [1.29, 1.82) is 0 Å². The molecule has 0 aliphatic carbocycles. The van der Waals surface area contributed by atoms with Gasteiger partial charge in [0, 0.05) is 31.7 Å². The third-order valence-corrected chi connectivity index (χ3v) is 5.97. The number of rotatable bonds is 5. The average Bonchev–Trinajstić information content (AvgIpc) is 2.92. The molecule has 2 atom stereocenters. The number of hydrogen-bond acceptors (Lipinski definition) is 4. The molecular formula is C12H25N3O3S. The maximum absolute atomic E-state index is 12.3. The predicted octanol–water partition coefficient (Wildman–Crippen LogP) is -0.0835. The number of nitrogens with zero attached hydrogens (tertiary/aromatic N) is 1. The third-order valence-electron chi connectivity index (χ3n) is 4.25. The van der Waals surface area contributed by atoms with Crippen molar-refractivity contribution in [2.75, 3.05) is 32.8 Å². The second kappa shape index (κ2) is 6.49. The fraction of sp³-hybridized carbons (Fsp3) is 1.00. The molecule has 2 rings (SSSR count). The Morgan fingerprint density at radius 2 is 2.05 bits per heavy atom. The molecule has 6 nitrogen and oxygen atoms in total. The Hall–Kier alpha value is -0.210. The molecule has 0 amide bonds. The van der Waals surface area contributed by atoms with E-state index in [-0.39, 0.29) is 12.0 Å². The van der Waals surface area contributed by atoms with Crippen LogP contribution >= 0.6 is 0 Å². The number of hydrogen-bond donors (Lipinski definition) is 2. The summed E-state index contributed by atoms with van der Waals surface area (Å²) in [4.78, 5) is 0. The largest absolute Gasteiger partial charge is 0.381 e. The maximum Gasteiger partial charge on any atom is 0.279 e. The topological polar surface area (TPSA) is 84.7 Å². The quantitative estimate of drug-likeness (QED) is 0.742. The Balaban J connectivity index is 1.87. The van der Waals surface area contributed by atoms with Gasteiger partial charge in [-0.05, 0) is 38.6 Å². The monoisotopic (exact) mass is 291 g/mol. The number of ether oxygens (including phenoxy) is 1. The van der Waals surface area contributed by atoms with Crippen molar-refractivity contribution in [3.05, 3.63) is 0 Å². The highest BCUT2D eigenvalue weighted by molar-refractivity contribution is 7.87. The van der Waals surface area contributed by atoms with Crippen LogP contribution in [0.25, 0.3) is 0 Å². The van der Waals surface area contributed by atoms with Crippen LogP contribution in [0, 0.1) is 11.8 Å². The van der Waals surface area contributed by atoms with Crippen LogP contribution in [-0.2, 0) is 14.9 Å². The van der Waals surface area contributed by atoms with Crippen LogP contribution in [0.5, 0.6) is 0 Å². The lowest BCUT2D eigenvalue weighted by atomic mass is 9.99. The first-order valence-corrected chi connectivity index (χ1v) is 8.52. The molecule has 19 heavy (non-hydrogen) atoms. The summed E-state index contributed by atoms with van der Waals surface area (Å²) in [7, 11) is -3.36. The summed E-state index contributed by atoms with van der Waals surface area (Å²) in [6.45, 7) is 5.11. The maximum atomic E-state index is 12.3. The van der Waals surface area contributed by atoms with Crippen LogP contribution in [0.15, 0.2) is 0 Å². The van der Waals surface area contributed by atoms with Crippen molar-refractivity contribution in [1.82, 2.24) is 9.03 Å². The Labute approximate surface area is 115 Å². The van der Waals surface area contributed by atoms with Crippen molar-refractivity contribution >= 4 is 10.2 Å². The van der Waals surface area contributed by atoms with Crippen molar-refractivity contribution < 1.29 is 13.2 Å².